The number of hydrogen-bond donors (Lipinski definition) is 1. The molecule has 1 heterocycles. The van der Waals surface area contributed by atoms with Gasteiger partial charge in [0.15, 0.2) is 0 Å². The van der Waals surface area contributed by atoms with Crippen LogP contribution in [0.1, 0.15) is 31.7 Å². The second kappa shape index (κ2) is 6.22. The SMILES string of the molecule is CCCn1cc(C#CCCCO)cn1. The molecule has 0 radical (unpaired) electrons. The molecule has 1 N–H and O–H groups in total. The zero-order chi connectivity index (χ0) is 10.2. The Balaban J connectivity index is 2.44. The van der Waals surface area contributed by atoms with Crippen LogP contribution >= 0.6 is 0 Å². The molecule has 0 aliphatic carbocycles. The molecule has 0 saturated carbocycles. The van der Waals surface area contributed by atoms with E-state index in [-0.39, 0.29) is 6.61 Å². The van der Waals surface area contributed by atoms with Crippen molar-refractivity contribution in [2.75, 3.05) is 6.61 Å². The fourth-order valence-corrected chi connectivity index (χ4v) is 1.11. The summed E-state index contributed by atoms with van der Waals surface area (Å²) in [5.41, 5.74) is 0.955. The molecule has 3 nitrogen and oxygen atoms in total. The van der Waals surface area contributed by atoms with Crippen molar-refractivity contribution in [3.63, 3.8) is 0 Å². The van der Waals surface area contributed by atoms with Crippen molar-refractivity contribution in [1.82, 2.24) is 9.78 Å². The van der Waals surface area contributed by atoms with Crippen LogP contribution in [0.3, 0.4) is 0 Å². The van der Waals surface area contributed by atoms with E-state index in [0.717, 1.165) is 31.4 Å². The van der Waals surface area contributed by atoms with Crippen LogP contribution in [0.25, 0.3) is 0 Å². The fourth-order valence-electron chi connectivity index (χ4n) is 1.11. The molecule has 0 amide bonds. The summed E-state index contributed by atoms with van der Waals surface area (Å²) in [6.07, 6.45) is 6.31. The molecule has 76 valence electrons. The van der Waals surface area contributed by atoms with Gasteiger partial charge in [-0.2, -0.15) is 5.10 Å². The van der Waals surface area contributed by atoms with Crippen LogP contribution in [0.5, 0.6) is 0 Å². The molecule has 0 fully saturated rings. The minimum atomic E-state index is 0.212. The number of aliphatic hydroxyl groups is 1. The van der Waals surface area contributed by atoms with Crippen LogP contribution in [-0.4, -0.2) is 21.5 Å². The molecular weight excluding hydrogens is 176 g/mol. The Bertz CT molecular complexity index is 320. The van der Waals surface area contributed by atoms with E-state index in [2.05, 4.69) is 23.9 Å². The number of hydrogen-bond acceptors (Lipinski definition) is 2. The molecule has 0 aliphatic heterocycles. The van der Waals surface area contributed by atoms with E-state index in [9.17, 15) is 0 Å². The van der Waals surface area contributed by atoms with Crippen LogP contribution in [0.2, 0.25) is 0 Å². The van der Waals surface area contributed by atoms with Gasteiger partial charge in [-0.25, -0.2) is 0 Å². The van der Waals surface area contributed by atoms with Gasteiger partial charge >= 0.3 is 0 Å². The zero-order valence-electron chi connectivity index (χ0n) is 8.53. The van der Waals surface area contributed by atoms with Gasteiger partial charge in [0, 0.05) is 25.8 Å². The monoisotopic (exact) mass is 192 g/mol. The number of aryl methyl sites for hydroxylation is 1. The summed E-state index contributed by atoms with van der Waals surface area (Å²) in [4.78, 5) is 0. The van der Waals surface area contributed by atoms with Crippen LogP contribution in [0.4, 0.5) is 0 Å². The van der Waals surface area contributed by atoms with Gasteiger partial charge in [-0.05, 0) is 12.8 Å². The molecule has 0 aromatic carbocycles. The lowest BCUT2D eigenvalue weighted by Crippen LogP contribution is -1.95. The van der Waals surface area contributed by atoms with Crippen molar-refractivity contribution in [2.45, 2.75) is 32.7 Å². The molecule has 0 spiro atoms. The summed E-state index contributed by atoms with van der Waals surface area (Å²) in [5.74, 6) is 6.01. The van der Waals surface area contributed by atoms with E-state index in [1.807, 2.05) is 10.9 Å². The largest absolute Gasteiger partial charge is 0.396 e. The predicted molar refractivity (Wildman–Crippen MR) is 55.7 cm³/mol. The summed E-state index contributed by atoms with van der Waals surface area (Å²) in [5, 5.41) is 12.7. The Morgan fingerprint density at radius 3 is 3.14 bits per heavy atom. The maximum Gasteiger partial charge on any atom is 0.0646 e. The average molecular weight is 192 g/mol. The predicted octanol–water partition coefficient (Wildman–Crippen LogP) is 1.42. The van der Waals surface area contributed by atoms with Crippen LogP contribution in [0.15, 0.2) is 12.4 Å². The minimum Gasteiger partial charge on any atom is -0.396 e. The Labute approximate surface area is 84.8 Å². The highest BCUT2D eigenvalue weighted by Gasteiger charge is 1.92. The van der Waals surface area contributed by atoms with Crippen molar-refractivity contribution < 1.29 is 5.11 Å². The van der Waals surface area contributed by atoms with Gasteiger partial charge in [0.25, 0.3) is 0 Å². The highest BCUT2D eigenvalue weighted by molar-refractivity contribution is 5.29. The molecule has 0 saturated heterocycles. The Morgan fingerprint density at radius 1 is 1.57 bits per heavy atom. The van der Waals surface area contributed by atoms with E-state index in [0.29, 0.717) is 0 Å². The lowest BCUT2D eigenvalue weighted by atomic mass is 10.3. The number of aliphatic hydroxyl groups excluding tert-OH is 1. The van der Waals surface area contributed by atoms with E-state index in [1.165, 1.54) is 0 Å². The summed E-state index contributed by atoms with van der Waals surface area (Å²) in [6.45, 7) is 3.27. The Hall–Kier alpha value is -1.27. The van der Waals surface area contributed by atoms with Gasteiger partial charge in [-0.3, -0.25) is 4.68 Å². The van der Waals surface area contributed by atoms with Crippen molar-refractivity contribution in [1.29, 1.82) is 0 Å². The lowest BCUT2D eigenvalue weighted by Gasteiger charge is -1.93. The molecule has 0 aliphatic rings. The smallest absolute Gasteiger partial charge is 0.0646 e. The third-order valence-corrected chi connectivity index (χ3v) is 1.78. The average Bonchev–Trinajstić information content (AvgIpc) is 2.61. The fraction of sp³-hybridized carbons (Fsp3) is 0.545. The molecule has 0 unspecified atom stereocenters. The second-order valence-electron chi connectivity index (χ2n) is 3.12. The van der Waals surface area contributed by atoms with Crippen LogP contribution in [0, 0.1) is 11.8 Å². The van der Waals surface area contributed by atoms with E-state index in [4.69, 9.17) is 5.11 Å². The number of nitrogens with zero attached hydrogens (tertiary/aromatic N) is 2. The van der Waals surface area contributed by atoms with E-state index >= 15 is 0 Å². The van der Waals surface area contributed by atoms with Crippen molar-refractivity contribution in [2.24, 2.45) is 0 Å². The second-order valence-corrected chi connectivity index (χ2v) is 3.12. The van der Waals surface area contributed by atoms with Gasteiger partial charge in [-0.15, -0.1) is 0 Å². The van der Waals surface area contributed by atoms with Crippen LogP contribution in [-0.2, 0) is 6.54 Å². The van der Waals surface area contributed by atoms with Gasteiger partial charge in [0.1, 0.15) is 0 Å². The molecule has 1 aromatic heterocycles. The van der Waals surface area contributed by atoms with Crippen molar-refractivity contribution in [3.05, 3.63) is 18.0 Å². The molecule has 0 bridgehead atoms. The van der Waals surface area contributed by atoms with Crippen molar-refractivity contribution >= 4 is 0 Å². The molecular formula is C11H16N2O. The van der Waals surface area contributed by atoms with Gasteiger partial charge in [-0.1, -0.05) is 18.8 Å². The standard InChI is InChI=1S/C11H16N2O/c1-2-7-13-10-11(9-12-13)6-4-3-5-8-14/h9-10,14H,2-3,5,7-8H2,1H3. The summed E-state index contributed by atoms with van der Waals surface area (Å²) >= 11 is 0. The summed E-state index contributed by atoms with van der Waals surface area (Å²) < 4.78 is 1.90. The quantitative estimate of drug-likeness (QED) is 0.578. The third-order valence-electron chi connectivity index (χ3n) is 1.78. The molecule has 0 atom stereocenters. The third kappa shape index (κ3) is 3.63. The summed E-state index contributed by atoms with van der Waals surface area (Å²) in [6, 6.07) is 0. The first-order valence-corrected chi connectivity index (χ1v) is 4.99. The summed E-state index contributed by atoms with van der Waals surface area (Å²) in [7, 11) is 0. The zero-order valence-corrected chi connectivity index (χ0v) is 8.53. The molecule has 1 rings (SSSR count). The Morgan fingerprint density at radius 2 is 2.43 bits per heavy atom. The van der Waals surface area contributed by atoms with Gasteiger partial charge in [0.2, 0.25) is 0 Å². The first-order chi connectivity index (χ1) is 6.86. The van der Waals surface area contributed by atoms with Crippen LogP contribution < -0.4 is 0 Å². The van der Waals surface area contributed by atoms with Crippen molar-refractivity contribution in [3.8, 4) is 11.8 Å². The number of aromatic nitrogens is 2. The van der Waals surface area contributed by atoms with E-state index < -0.39 is 0 Å². The molecule has 14 heavy (non-hydrogen) atoms. The topological polar surface area (TPSA) is 38.0 Å². The first kappa shape index (κ1) is 10.8. The lowest BCUT2D eigenvalue weighted by molar-refractivity contribution is 0.290. The minimum absolute atomic E-state index is 0.212. The van der Waals surface area contributed by atoms with Gasteiger partial charge in [0.05, 0.1) is 11.8 Å². The first-order valence-electron chi connectivity index (χ1n) is 4.99. The van der Waals surface area contributed by atoms with Gasteiger partial charge < -0.3 is 5.11 Å². The normalized spacial score (nSPS) is 9.57. The highest BCUT2D eigenvalue weighted by Crippen LogP contribution is 1.96. The Kier molecular flexibility index (Phi) is 4.81. The molecule has 3 heteroatoms. The number of unbranched alkanes of at least 4 members (excludes halogenated alkanes) is 1. The van der Waals surface area contributed by atoms with E-state index in [1.54, 1.807) is 6.20 Å². The maximum atomic E-state index is 8.55. The number of rotatable bonds is 4. The maximum absolute atomic E-state index is 8.55. The molecule has 1 aromatic rings. The highest BCUT2D eigenvalue weighted by atomic mass is 16.2.